The van der Waals surface area contributed by atoms with Crippen LogP contribution in [0, 0.1) is 0 Å². The van der Waals surface area contributed by atoms with Crippen LogP contribution in [-0.2, 0) is 61.1 Å². The number of para-hydroxylation sites is 1. The Morgan fingerprint density at radius 1 is 0.872 bits per heavy atom. The minimum absolute atomic E-state index is 0. The second-order valence-corrected chi connectivity index (χ2v) is 8.96. The van der Waals surface area contributed by atoms with E-state index in [0.717, 1.165) is 22.2 Å². The predicted molar refractivity (Wildman–Crippen MR) is 153 cm³/mol. The predicted octanol–water partition coefficient (Wildman–Crippen LogP) is 5.53. The largest absolute Gasteiger partial charge is 0.480 e. The molecule has 0 bridgehead atoms. The fourth-order valence-corrected chi connectivity index (χ4v) is 3.87. The summed E-state index contributed by atoms with van der Waals surface area (Å²) in [6.45, 7) is 15.3. The Hall–Kier alpha value is -1.34. The van der Waals surface area contributed by atoms with Gasteiger partial charge in [-0.25, -0.2) is 4.98 Å². The van der Waals surface area contributed by atoms with Crippen LogP contribution in [0.1, 0.15) is 40.4 Å². The smallest absolute Gasteiger partial charge is 0.136 e. The molecular weight excluding hydrogens is 701 g/mol. The van der Waals surface area contributed by atoms with E-state index in [2.05, 4.69) is 26.6 Å². The summed E-state index contributed by atoms with van der Waals surface area (Å²) in [6.07, 6.45) is 0. The first-order valence-corrected chi connectivity index (χ1v) is 13.5. The quantitative estimate of drug-likeness (QED) is 0.103. The zero-order valence-electron chi connectivity index (χ0n) is 23.7. The number of hydrogen-bond donors (Lipinski definition) is 1. The molecule has 0 unspecified atom stereocenters. The third-order valence-electron chi connectivity index (χ3n) is 5.42. The standard InChI is InChI=1S/C25H37N4O6S.C2H6.Ir/c1-4-30-17-21-28-22-23(19-7-5-6-8-20(19)27-24(22)26)29(21)18-25(2,3)34-15-13-32-11-9-31-10-12-33-14-16-35-36;1-2;/h5-8H,4,9-18H2,1-3H3,(H2-,26,27,36);1-2H3;/q-1;;. The van der Waals surface area contributed by atoms with Gasteiger partial charge in [0.05, 0.1) is 76.0 Å². The minimum Gasteiger partial charge on any atom is -0.480 e. The monoisotopic (exact) mass is 744 g/mol. The number of benzene rings is 1. The summed E-state index contributed by atoms with van der Waals surface area (Å²) < 4.78 is 35.0. The Kier molecular flexibility index (Phi) is 18.0. The maximum absolute atomic E-state index is 8.42. The van der Waals surface area contributed by atoms with Gasteiger partial charge in [0, 0.05) is 32.1 Å². The molecule has 0 saturated carbocycles. The van der Waals surface area contributed by atoms with Crippen molar-refractivity contribution < 1.29 is 48.0 Å². The van der Waals surface area contributed by atoms with E-state index in [-0.39, 0.29) is 25.9 Å². The van der Waals surface area contributed by atoms with Gasteiger partial charge in [0.15, 0.2) is 0 Å². The number of pyridine rings is 1. The van der Waals surface area contributed by atoms with Crippen molar-refractivity contribution in [3.63, 3.8) is 0 Å². The topological polar surface area (TPSA) is 110 Å². The fraction of sp³-hybridized carbons (Fsp3) is 0.630. The number of nitrogens with zero attached hydrogens (tertiary/aromatic N) is 3. The Morgan fingerprint density at radius 3 is 2.08 bits per heavy atom. The number of hydrogen-bond acceptors (Lipinski definition) is 9. The van der Waals surface area contributed by atoms with Crippen LogP contribution in [0.15, 0.2) is 24.3 Å². The van der Waals surface area contributed by atoms with Gasteiger partial charge in [-0.1, -0.05) is 38.1 Å². The normalized spacial score (nSPS) is 11.4. The van der Waals surface area contributed by atoms with Gasteiger partial charge in [-0.2, -0.15) is 0 Å². The molecule has 39 heavy (non-hydrogen) atoms. The molecule has 0 aliphatic carbocycles. The molecule has 1 radical (unpaired) electrons. The molecule has 1 N–H and O–H groups in total. The number of imidazole rings is 1. The Bertz CT molecular complexity index is 1090. The van der Waals surface area contributed by atoms with Gasteiger partial charge in [-0.3, -0.25) is 0 Å². The number of ether oxygens (including phenoxy) is 5. The molecule has 2 heterocycles. The summed E-state index contributed by atoms with van der Waals surface area (Å²) in [7, 11) is 0. The van der Waals surface area contributed by atoms with Crippen LogP contribution in [0.25, 0.3) is 27.7 Å². The molecule has 12 heteroatoms. The first kappa shape index (κ1) is 35.7. The second-order valence-electron chi connectivity index (χ2n) is 8.70. The number of fused-ring (bicyclic) bond motifs is 3. The second kappa shape index (κ2) is 19.7. The van der Waals surface area contributed by atoms with E-state index in [1.807, 2.05) is 58.9 Å². The molecule has 0 amide bonds. The van der Waals surface area contributed by atoms with Crippen molar-refractivity contribution in [1.29, 1.82) is 0 Å². The molecule has 3 rings (SSSR count). The molecule has 2 aromatic heterocycles. The van der Waals surface area contributed by atoms with Crippen molar-refractivity contribution in [2.24, 2.45) is 0 Å². The van der Waals surface area contributed by atoms with Crippen molar-refractivity contribution in [2.45, 2.75) is 53.4 Å². The third-order valence-corrected chi connectivity index (χ3v) is 5.60. The SMILES string of the molecule is CC.CCOCc1nc2c([NH-])nc3ccccc3c2n1CC(C)(C)OCCOCCOCCOCCOS.[Ir]. The van der Waals surface area contributed by atoms with E-state index < -0.39 is 5.60 Å². The Morgan fingerprint density at radius 2 is 1.46 bits per heavy atom. The van der Waals surface area contributed by atoms with Gasteiger partial charge in [0.2, 0.25) is 0 Å². The first-order chi connectivity index (χ1) is 18.5. The van der Waals surface area contributed by atoms with Gasteiger partial charge >= 0.3 is 0 Å². The van der Waals surface area contributed by atoms with E-state index in [1.165, 1.54) is 0 Å². The van der Waals surface area contributed by atoms with Gasteiger partial charge in [0.1, 0.15) is 12.4 Å². The maximum atomic E-state index is 8.42. The van der Waals surface area contributed by atoms with E-state index in [4.69, 9.17) is 34.4 Å². The average Bonchev–Trinajstić information content (AvgIpc) is 3.27. The van der Waals surface area contributed by atoms with Crippen molar-refractivity contribution in [3.8, 4) is 0 Å². The van der Waals surface area contributed by atoms with Crippen LogP contribution in [-0.4, -0.2) is 79.6 Å². The maximum Gasteiger partial charge on any atom is 0.136 e. The van der Waals surface area contributed by atoms with E-state index >= 15 is 0 Å². The van der Waals surface area contributed by atoms with Crippen LogP contribution in [0.4, 0.5) is 5.82 Å². The van der Waals surface area contributed by atoms with Crippen LogP contribution in [0.5, 0.6) is 0 Å². The van der Waals surface area contributed by atoms with Crippen molar-refractivity contribution in [2.75, 3.05) is 59.5 Å². The molecule has 3 aromatic rings. The molecule has 1 aromatic carbocycles. The minimum atomic E-state index is -0.505. The first-order valence-electron chi connectivity index (χ1n) is 13.2. The zero-order chi connectivity index (χ0) is 27.8. The van der Waals surface area contributed by atoms with Gasteiger partial charge < -0.3 is 43.2 Å². The van der Waals surface area contributed by atoms with Crippen LogP contribution >= 0.6 is 12.9 Å². The summed E-state index contributed by atoms with van der Waals surface area (Å²) >= 11 is 3.65. The molecule has 10 nitrogen and oxygen atoms in total. The number of nitrogens with one attached hydrogen (secondary N) is 1. The summed E-state index contributed by atoms with van der Waals surface area (Å²) in [5.74, 6) is 0.915. The van der Waals surface area contributed by atoms with E-state index in [0.29, 0.717) is 78.1 Å². The summed E-state index contributed by atoms with van der Waals surface area (Å²) in [5.41, 5.74) is 10.1. The number of aromatic nitrogens is 3. The molecule has 0 aliphatic rings. The van der Waals surface area contributed by atoms with E-state index in [9.17, 15) is 0 Å². The Balaban J connectivity index is 0.00000248. The van der Waals surface area contributed by atoms with Crippen molar-refractivity contribution in [3.05, 3.63) is 35.8 Å². The molecule has 223 valence electrons. The number of rotatable bonds is 18. The zero-order valence-corrected chi connectivity index (χ0v) is 26.9. The summed E-state index contributed by atoms with van der Waals surface area (Å²) in [5, 5.41) is 0.957. The molecule has 0 fully saturated rings. The van der Waals surface area contributed by atoms with Crippen molar-refractivity contribution in [1.82, 2.24) is 14.5 Å². The Labute approximate surface area is 251 Å². The molecular formula is C27H43IrN4O6S-. The van der Waals surface area contributed by atoms with Crippen molar-refractivity contribution >= 4 is 40.7 Å². The van der Waals surface area contributed by atoms with Crippen LogP contribution in [0.2, 0.25) is 0 Å². The molecule has 0 atom stereocenters. The summed E-state index contributed by atoms with van der Waals surface area (Å²) in [6, 6.07) is 7.83. The van der Waals surface area contributed by atoms with Gasteiger partial charge in [-0.15, -0.1) is 0 Å². The van der Waals surface area contributed by atoms with Crippen LogP contribution < -0.4 is 0 Å². The summed E-state index contributed by atoms with van der Waals surface area (Å²) in [4.78, 5) is 9.15. The molecule has 0 saturated heterocycles. The fourth-order valence-electron chi connectivity index (χ4n) is 3.80. The third kappa shape index (κ3) is 11.6. The van der Waals surface area contributed by atoms with Gasteiger partial charge in [0.25, 0.3) is 0 Å². The number of thiol groups is 1. The van der Waals surface area contributed by atoms with Crippen LogP contribution in [0.3, 0.4) is 0 Å². The van der Waals surface area contributed by atoms with Gasteiger partial charge in [-0.05, 0) is 45.0 Å². The average molecular weight is 744 g/mol. The van der Waals surface area contributed by atoms with E-state index in [1.54, 1.807) is 0 Å². The molecule has 0 spiro atoms. The molecule has 0 aliphatic heterocycles.